The Kier molecular flexibility index (Phi) is 3.36. The molecule has 2 rings (SSSR count). The average molecular weight is 200 g/mol. The standard InChI is InChI=1S/C14H16O/c1-2-6-13-10-15-11-14(13)9-12-7-4-3-5-8-12/h2-9,13H,10-11H2,1H3/b6-2+,14-9-. The maximum atomic E-state index is 5.47. The summed E-state index contributed by atoms with van der Waals surface area (Å²) in [7, 11) is 0. The molecular formula is C14H16O. The topological polar surface area (TPSA) is 9.23 Å². The lowest BCUT2D eigenvalue weighted by molar-refractivity contribution is 0.195. The molecule has 1 fully saturated rings. The first-order valence-electron chi connectivity index (χ1n) is 5.36. The first-order valence-corrected chi connectivity index (χ1v) is 5.36. The highest BCUT2D eigenvalue weighted by molar-refractivity contribution is 5.54. The Labute approximate surface area is 91.1 Å². The van der Waals surface area contributed by atoms with Crippen molar-refractivity contribution in [3.8, 4) is 0 Å². The predicted molar refractivity (Wildman–Crippen MR) is 63.5 cm³/mol. The molecule has 15 heavy (non-hydrogen) atoms. The third-order valence-electron chi connectivity index (χ3n) is 2.62. The van der Waals surface area contributed by atoms with Crippen LogP contribution in [0.1, 0.15) is 12.5 Å². The molecule has 0 bridgehead atoms. The second-order valence-corrected chi connectivity index (χ2v) is 3.78. The Hall–Kier alpha value is -1.34. The lowest BCUT2D eigenvalue weighted by Gasteiger charge is -2.03. The zero-order valence-corrected chi connectivity index (χ0v) is 9.02. The van der Waals surface area contributed by atoms with Gasteiger partial charge in [0.05, 0.1) is 13.2 Å². The molecule has 0 saturated carbocycles. The van der Waals surface area contributed by atoms with Gasteiger partial charge in [-0.25, -0.2) is 0 Å². The number of allylic oxidation sites excluding steroid dienone is 1. The van der Waals surface area contributed by atoms with E-state index in [9.17, 15) is 0 Å². The first-order chi connectivity index (χ1) is 7.40. The zero-order chi connectivity index (χ0) is 10.5. The molecule has 1 heteroatoms. The molecule has 1 aromatic carbocycles. The van der Waals surface area contributed by atoms with Gasteiger partial charge in [-0.3, -0.25) is 0 Å². The summed E-state index contributed by atoms with van der Waals surface area (Å²) in [6.45, 7) is 3.64. The highest BCUT2D eigenvalue weighted by Gasteiger charge is 2.18. The highest BCUT2D eigenvalue weighted by Crippen LogP contribution is 2.23. The first kappa shape index (κ1) is 10.2. The lowest BCUT2D eigenvalue weighted by Crippen LogP contribution is -1.96. The number of hydrogen-bond donors (Lipinski definition) is 0. The summed E-state index contributed by atoms with van der Waals surface area (Å²) in [6, 6.07) is 10.4. The second kappa shape index (κ2) is 4.94. The van der Waals surface area contributed by atoms with Crippen molar-refractivity contribution < 1.29 is 4.74 Å². The van der Waals surface area contributed by atoms with Crippen LogP contribution < -0.4 is 0 Å². The van der Waals surface area contributed by atoms with E-state index in [1.165, 1.54) is 11.1 Å². The molecule has 1 saturated heterocycles. The molecule has 1 atom stereocenters. The molecule has 1 aromatic rings. The van der Waals surface area contributed by atoms with E-state index < -0.39 is 0 Å². The largest absolute Gasteiger partial charge is 0.376 e. The quantitative estimate of drug-likeness (QED) is 0.666. The fourth-order valence-electron chi connectivity index (χ4n) is 1.84. The SMILES string of the molecule is C/C=C/C1COC/C1=C/c1ccccc1. The van der Waals surface area contributed by atoms with Crippen LogP contribution in [0.3, 0.4) is 0 Å². The molecule has 0 amide bonds. The van der Waals surface area contributed by atoms with Crippen molar-refractivity contribution in [3.63, 3.8) is 0 Å². The number of ether oxygens (including phenoxy) is 1. The normalized spacial score (nSPS) is 24.1. The molecule has 78 valence electrons. The fourth-order valence-corrected chi connectivity index (χ4v) is 1.84. The maximum absolute atomic E-state index is 5.47. The minimum Gasteiger partial charge on any atom is -0.376 e. The van der Waals surface area contributed by atoms with Crippen molar-refractivity contribution in [2.24, 2.45) is 5.92 Å². The van der Waals surface area contributed by atoms with Crippen LogP contribution >= 0.6 is 0 Å². The van der Waals surface area contributed by atoms with Crippen molar-refractivity contribution in [2.45, 2.75) is 6.92 Å². The summed E-state index contributed by atoms with van der Waals surface area (Å²) in [5.41, 5.74) is 2.63. The van der Waals surface area contributed by atoms with E-state index in [4.69, 9.17) is 4.74 Å². The minimum absolute atomic E-state index is 0.468. The van der Waals surface area contributed by atoms with Crippen LogP contribution in [0.5, 0.6) is 0 Å². The Morgan fingerprint density at radius 3 is 2.80 bits per heavy atom. The molecule has 0 spiro atoms. The van der Waals surface area contributed by atoms with Gasteiger partial charge in [0.25, 0.3) is 0 Å². The Balaban J connectivity index is 2.19. The molecule has 1 heterocycles. The van der Waals surface area contributed by atoms with E-state index in [1.54, 1.807) is 0 Å². The average Bonchev–Trinajstić information content (AvgIpc) is 2.68. The van der Waals surface area contributed by atoms with Crippen LogP contribution in [-0.2, 0) is 4.74 Å². The van der Waals surface area contributed by atoms with Gasteiger partial charge in [0, 0.05) is 5.92 Å². The van der Waals surface area contributed by atoms with Gasteiger partial charge in [0.2, 0.25) is 0 Å². The van der Waals surface area contributed by atoms with Crippen LogP contribution in [-0.4, -0.2) is 13.2 Å². The number of benzene rings is 1. The van der Waals surface area contributed by atoms with Crippen molar-refractivity contribution in [3.05, 3.63) is 53.6 Å². The van der Waals surface area contributed by atoms with E-state index in [0.29, 0.717) is 5.92 Å². The van der Waals surface area contributed by atoms with E-state index in [2.05, 4.69) is 49.4 Å². The Bertz CT molecular complexity index is 362. The van der Waals surface area contributed by atoms with E-state index >= 15 is 0 Å². The molecule has 1 aliphatic heterocycles. The Morgan fingerprint density at radius 2 is 2.07 bits per heavy atom. The number of rotatable bonds is 2. The number of hydrogen-bond acceptors (Lipinski definition) is 1. The third-order valence-corrected chi connectivity index (χ3v) is 2.62. The summed E-state index contributed by atoms with van der Waals surface area (Å²) in [5.74, 6) is 0.468. The fraction of sp³-hybridized carbons (Fsp3) is 0.286. The van der Waals surface area contributed by atoms with Gasteiger partial charge >= 0.3 is 0 Å². The Morgan fingerprint density at radius 1 is 1.27 bits per heavy atom. The maximum Gasteiger partial charge on any atom is 0.0687 e. The van der Waals surface area contributed by atoms with Crippen LogP contribution in [0.15, 0.2) is 48.1 Å². The van der Waals surface area contributed by atoms with Crippen molar-refractivity contribution in [1.29, 1.82) is 0 Å². The molecule has 0 aromatic heterocycles. The van der Waals surface area contributed by atoms with Gasteiger partial charge < -0.3 is 4.74 Å². The van der Waals surface area contributed by atoms with Crippen LogP contribution in [0.4, 0.5) is 0 Å². The summed E-state index contributed by atoms with van der Waals surface area (Å²) >= 11 is 0. The van der Waals surface area contributed by atoms with Crippen LogP contribution in [0.2, 0.25) is 0 Å². The summed E-state index contributed by atoms with van der Waals surface area (Å²) in [5, 5.41) is 0. The van der Waals surface area contributed by atoms with E-state index in [1.807, 2.05) is 6.07 Å². The van der Waals surface area contributed by atoms with E-state index in [-0.39, 0.29) is 0 Å². The molecule has 0 aliphatic carbocycles. The molecular weight excluding hydrogens is 184 g/mol. The predicted octanol–water partition coefficient (Wildman–Crippen LogP) is 3.29. The van der Waals surface area contributed by atoms with Gasteiger partial charge in [-0.1, -0.05) is 48.6 Å². The summed E-state index contributed by atoms with van der Waals surface area (Å²) in [6.07, 6.45) is 6.54. The zero-order valence-electron chi connectivity index (χ0n) is 9.02. The van der Waals surface area contributed by atoms with Gasteiger partial charge in [-0.15, -0.1) is 0 Å². The lowest BCUT2D eigenvalue weighted by atomic mass is 10.00. The summed E-state index contributed by atoms with van der Waals surface area (Å²) in [4.78, 5) is 0. The van der Waals surface area contributed by atoms with Crippen molar-refractivity contribution in [1.82, 2.24) is 0 Å². The van der Waals surface area contributed by atoms with Crippen molar-refractivity contribution >= 4 is 6.08 Å². The van der Waals surface area contributed by atoms with Gasteiger partial charge in [0.1, 0.15) is 0 Å². The molecule has 1 unspecified atom stereocenters. The molecule has 1 nitrogen and oxygen atoms in total. The van der Waals surface area contributed by atoms with Crippen molar-refractivity contribution in [2.75, 3.05) is 13.2 Å². The minimum atomic E-state index is 0.468. The molecule has 0 radical (unpaired) electrons. The third kappa shape index (κ3) is 2.57. The highest BCUT2D eigenvalue weighted by atomic mass is 16.5. The van der Waals surface area contributed by atoms with Crippen LogP contribution in [0, 0.1) is 5.92 Å². The molecule has 0 N–H and O–H groups in total. The smallest absolute Gasteiger partial charge is 0.0687 e. The van der Waals surface area contributed by atoms with Gasteiger partial charge in [-0.2, -0.15) is 0 Å². The monoisotopic (exact) mass is 200 g/mol. The van der Waals surface area contributed by atoms with E-state index in [0.717, 1.165) is 13.2 Å². The van der Waals surface area contributed by atoms with Gasteiger partial charge in [-0.05, 0) is 18.1 Å². The van der Waals surface area contributed by atoms with Gasteiger partial charge in [0.15, 0.2) is 0 Å². The summed E-state index contributed by atoms with van der Waals surface area (Å²) < 4.78 is 5.47. The molecule has 1 aliphatic rings. The second-order valence-electron chi connectivity index (χ2n) is 3.78. The van der Waals surface area contributed by atoms with Crippen LogP contribution in [0.25, 0.3) is 6.08 Å².